The third-order valence-corrected chi connectivity index (χ3v) is 3.89. The van der Waals surface area contributed by atoms with Crippen LogP contribution in [0.4, 0.5) is 0 Å². The third-order valence-electron chi connectivity index (χ3n) is 3.89. The maximum absolute atomic E-state index is 9.55. The smallest absolute Gasteiger partial charge is 0.119 e. The Bertz CT molecular complexity index is 445. The van der Waals surface area contributed by atoms with Crippen LogP contribution in [0.5, 0.6) is 5.75 Å². The molecule has 0 spiro atoms. The minimum atomic E-state index is -0.291. The van der Waals surface area contributed by atoms with Crippen LogP contribution in [-0.2, 0) is 0 Å². The molecule has 0 heterocycles. The fraction of sp³-hybridized carbons (Fsp3) is 0.667. The van der Waals surface area contributed by atoms with Crippen molar-refractivity contribution in [3.8, 4) is 5.75 Å². The van der Waals surface area contributed by atoms with E-state index in [1.807, 2.05) is 19.9 Å². The first-order valence-corrected chi connectivity index (χ1v) is 7.94. The van der Waals surface area contributed by atoms with E-state index in [1.165, 1.54) is 11.1 Å². The van der Waals surface area contributed by atoms with Crippen molar-refractivity contribution in [1.82, 2.24) is 5.32 Å². The van der Waals surface area contributed by atoms with Crippen LogP contribution in [0.2, 0.25) is 0 Å². The van der Waals surface area contributed by atoms with Gasteiger partial charge < -0.3 is 15.2 Å². The lowest BCUT2D eigenvalue weighted by molar-refractivity contribution is 0.111. The summed E-state index contributed by atoms with van der Waals surface area (Å²) in [6.45, 7) is 13.6. The van der Waals surface area contributed by atoms with Crippen LogP contribution in [0.1, 0.15) is 58.1 Å². The number of nitrogens with one attached hydrogen (secondary N) is 1. The van der Waals surface area contributed by atoms with E-state index < -0.39 is 0 Å². The highest BCUT2D eigenvalue weighted by Crippen LogP contribution is 2.25. The largest absolute Gasteiger partial charge is 0.491 e. The van der Waals surface area contributed by atoms with Crippen LogP contribution in [0, 0.1) is 6.92 Å². The van der Waals surface area contributed by atoms with Crippen LogP contribution in [0.3, 0.4) is 0 Å². The predicted molar refractivity (Wildman–Crippen MR) is 89.1 cm³/mol. The number of rotatable bonds is 8. The highest BCUT2D eigenvalue weighted by atomic mass is 16.5. The van der Waals surface area contributed by atoms with E-state index in [9.17, 15) is 5.11 Å². The Morgan fingerprint density at radius 2 is 1.95 bits per heavy atom. The Labute approximate surface area is 129 Å². The van der Waals surface area contributed by atoms with Gasteiger partial charge in [-0.3, -0.25) is 0 Å². The number of aliphatic hydroxyl groups excluding tert-OH is 1. The second kappa shape index (κ2) is 7.81. The van der Waals surface area contributed by atoms with Gasteiger partial charge in [0, 0.05) is 12.0 Å². The summed E-state index contributed by atoms with van der Waals surface area (Å²) in [5.74, 6) is 1.43. The summed E-state index contributed by atoms with van der Waals surface area (Å²) in [6, 6.07) is 6.30. The molecule has 0 fully saturated rings. The van der Waals surface area contributed by atoms with Crippen LogP contribution in [0.15, 0.2) is 18.2 Å². The first-order valence-electron chi connectivity index (χ1n) is 7.94. The van der Waals surface area contributed by atoms with E-state index in [-0.39, 0.29) is 18.2 Å². The van der Waals surface area contributed by atoms with Gasteiger partial charge >= 0.3 is 0 Å². The van der Waals surface area contributed by atoms with Gasteiger partial charge in [-0.25, -0.2) is 0 Å². The maximum atomic E-state index is 9.55. The first-order chi connectivity index (χ1) is 9.81. The van der Waals surface area contributed by atoms with Crippen molar-refractivity contribution in [1.29, 1.82) is 0 Å². The summed E-state index contributed by atoms with van der Waals surface area (Å²) < 4.78 is 6.02. The topological polar surface area (TPSA) is 41.5 Å². The van der Waals surface area contributed by atoms with Crippen molar-refractivity contribution in [2.75, 3.05) is 13.2 Å². The van der Waals surface area contributed by atoms with Crippen LogP contribution in [0.25, 0.3) is 0 Å². The van der Waals surface area contributed by atoms with Gasteiger partial charge in [-0.1, -0.05) is 26.8 Å². The molecule has 0 aliphatic rings. The lowest BCUT2D eigenvalue weighted by Gasteiger charge is -2.31. The minimum absolute atomic E-state index is 0.0468. The molecular formula is C18H31NO2. The monoisotopic (exact) mass is 293 g/mol. The molecule has 0 bridgehead atoms. The molecule has 0 saturated heterocycles. The van der Waals surface area contributed by atoms with Gasteiger partial charge in [0.2, 0.25) is 0 Å². The molecular weight excluding hydrogens is 262 g/mol. The number of ether oxygens (including phenoxy) is 1. The van der Waals surface area contributed by atoms with Gasteiger partial charge in [0.1, 0.15) is 5.75 Å². The Morgan fingerprint density at radius 1 is 1.29 bits per heavy atom. The van der Waals surface area contributed by atoms with Crippen molar-refractivity contribution in [3.63, 3.8) is 0 Å². The Hall–Kier alpha value is -1.06. The highest BCUT2D eigenvalue weighted by Gasteiger charge is 2.25. The number of hydrogen-bond donors (Lipinski definition) is 2. The average Bonchev–Trinajstić information content (AvgIpc) is 2.38. The number of hydrogen-bond acceptors (Lipinski definition) is 3. The van der Waals surface area contributed by atoms with Gasteiger partial charge in [-0.05, 0) is 56.5 Å². The van der Waals surface area contributed by atoms with Crippen molar-refractivity contribution < 1.29 is 9.84 Å². The van der Waals surface area contributed by atoms with E-state index in [1.54, 1.807) is 0 Å². The lowest BCUT2D eigenvalue weighted by atomic mass is 9.95. The van der Waals surface area contributed by atoms with E-state index in [0.717, 1.165) is 18.7 Å². The van der Waals surface area contributed by atoms with Crippen molar-refractivity contribution in [2.24, 2.45) is 0 Å². The van der Waals surface area contributed by atoms with Crippen molar-refractivity contribution in [2.45, 2.75) is 65.5 Å². The Kier molecular flexibility index (Phi) is 6.69. The summed E-state index contributed by atoms with van der Waals surface area (Å²) in [4.78, 5) is 0. The Morgan fingerprint density at radius 3 is 2.43 bits per heavy atom. The van der Waals surface area contributed by atoms with Gasteiger partial charge in [0.15, 0.2) is 0 Å². The normalized spacial score (nSPS) is 15.8. The highest BCUT2D eigenvalue weighted by molar-refractivity contribution is 5.36. The molecule has 2 unspecified atom stereocenters. The second-order valence-corrected chi connectivity index (χ2v) is 6.55. The number of benzene rings is 1. The molecule has 21 heavy (non-hydrogen) atoms. The van der Waals surface area contributed by atoms with Crippen LogP contribution in [-0.4, -0.2) is 29.9 Å². The molecule has 0 aromatic heterocycles. The summed E-state index contributed by atoms with van der Waals surface area (Å²) in [7, 11) is 0. The number of likely N-dealkylation sites (N-methyl/N-ethyl adjacent to an activating group) is 1. The van der Waals surface area contributed by atoms with Crippen LogP contribution < -0.4 is 10.1 Å². The average molecular weight is 293 g/mol. The SMILES string of the molecule is CCNC(C)(CO)CC(C)Oc1ccc(C(C)C)c(C)c1. The fourth-order valence-electron chi connectivity index (χ4n) is 2.90. The molecule has 2 N–H and O–H groups in total. The molecule has 3 nitrogen and oxygen atoms in total. The molecule has 0 saturated carbocycles. The molecule has 120 valence electrons. The first kappa shape index (κ1) is 18.0. The molecule has 3 heteroatoms. The van der Waals surface area contributed by atoms with Gasteiger partial charge in [0.05, 0.1) is 12.7 Å². The minimum Gasteiger partial charge on any atom is -0.491 e. The third kappa shape index (κ3) is 5.33. The molecule has 0 aliphatic carbocycles. The summed E-state index contributed by atoms with van der Waals surface area (Å²) in [6.07, 6.45) is 0.813. The van der Waals surface area contributed by atoms with Crippen molar-refractivity contribution in [3.05, 3.63) is 29.3 Å². The standard InChI is InChI=1S/C18H31NO2/c1-7-19-18(6,12-20)11-15(5)21-16-8-9-17(13(2)3)14(4)10-16/h8-10,13,15,19-20H,7,11-12H2,1-6H3. The van der Waals surface area contributed by atoms with Gasteiger partial charge in [0.25, 0.3) is 0 Å². The van der Waals surface area contributed by atoms with Gasteiger partial charge in [-0.15, -0.1) is 0 Å². The predicted octanol–water partition coefficient (Wildman–Crippen LogP) is 3.64. The lowest BCUT2D eigenvalue weighted by Crippen LogP contribution is -2.48. The zero-order valence-electron chi connectivity index (χ0n) is 14.4. The molecule has 1 aromatic rings. The quantitative estimate of drug-likeness (QED) is 0.769. The van der Waals surface area contributed by atoms with Crippen molar-refractivity contribution >= 4 is 0 Å². The summed E-state index contributed by atoms with van der Waals surface area (Å²) in [5.41, 5.74) is 2.34. The fourth-order valence-corrected chi connectivity index (χ4v) is 2.90. The second-order valence-electron chi connectivity index (χ2n) is 6.55. The zero-order valence-corrected chi connectivity index (χ0v) is 14.4. The number of aryl methyl sites for hydroxylation is 1. The summed E-state index contributed by atoms with van der Waals surface area (Å²) in [5, 5.41) is 12.9. The zero-order chi connectivity index (χ0) is 16.0. The Balaban J connectivity index is 2.70. The molecule has 0 amide bonds. The molecule has 1 rings (SSSR count). The molecule has 0 aliphatic heterocycles. The summed E-state index contributed by atoms with van der Waals surface area (Å²) >= 11 is 0. The van der Waals surface area contributed by atoms with Gasteiger partial charge in [-0.2, -0.15) is 0 Å². The van der Waals surface area contributed by atoms with E-state index in [2.05, 4.69) is 45.1 Å². The van der Waals surface area contributed by atoms with E-state index in [0.29, 0.717) is 5.92 Å². The maximum Gasteiger partial charge on any atom is 0.119 e. The van der Waals surface area contributed by atoms with E-state index in [4.69, 9.17) is 4.74 Å². The molecule has 1 aromatic carbocycles. The van der Waals surface area contributed by atoms with Crippen LogP contribution >= 0.6 is 0 Å². The molecule has 2 atom stereocenters. The number of aliphatic hydroxyl groups is 1. The van der Waals surface area contributed by atoms with E-state index >= 15 is 0 Å². The molecule has 0 radical (unpaired) electrons.